The van der Waals surface area contributed by atoms with Crippen LogP contribution in [0, 0.1) is 0 Å². The Morgan fingerprint density at radius 1 is 0.607 bits per heavy atom. The number of hydrogen-bond donors (Lipinski definition) is 0. The first-order valence-electron chi connectivity index (χ1n) is 9.67. The molecule has 148 valence electrons. The minimum Gasteiger partial charge on any atom is -0.339 e. The highest BCUT2D eigenvalue weighted by Gasteiger charge is 2.20. The van der Waals surface area contributed by atoms with Crippen LogP contribution < -0.4 is 0 Å². The van der Waals surface area contributed by atoms with Crippen LogP contribution in [0.4, 0.5) is 0 Å². The molecule has 6 heteroatoms. The Balaban J connectivity index is 2.04. The van der Waals surface area contributed by atoms with Gasteiger partial charge in [-0.15, -0.1) is 0 Å². The summed E-state index contributed by atoms with van der Waals surface area (Å²) in [6.45, 7) is 2.08. The fraction of sp³-hybridized carbons (Fsp3) is 0.364. The number of aromatic nitrogens is 2. The lowest BCUT2D eigenvalue weighted by molar-refractivity contribution is 0.666. The molecule has 0 spiro atoms. The van der Waals surface area contributed by atoms with Crippen LogP contribution in [0.3, 0.4) is 0 Å². The van der Waals surface area contributed by atoms with Gasteiger partial charge < -0.3 is 9.13 Å². The Labute approximate surface area is 199 Å². The normalized spacial score (nSPS) is 12.0. The van der Waals surface area contributed by atoms with Gasteiger partial charge in [0, 0.05) is 43.5 Å². The number of nitrogens with zero attached hydrogens (tertiary/aromatic N) is 2. The van der Waals surface area contributed by atoms with Crippen LogP contribution in [0.15, 0.2) is 45.3 Å². The van der Waals surface area contributed by atoms with E-state index in [1.807, 2.05) is 0 Å². The summed E-state index contributed by atoms with van der Waals surface area (Å²) in [5, 5.41) is 4.80. The maximum absolute atomic E-state index is 3.70. The smallest absolute Gasteiger partial charge is 0.0754 e. The van der Waals surface area contributed by atoms with Gasteiger partial charge in [0.2, 0.25) is 0 Å². The van der Waals surface area contributed by atoms with E-state index in [9.17, 15) is 0 Å². The zero-order valence-corrected chi connectivity index (χ0v) is 21.9. The molecule has 4 aromatic rings. The van der Waals surface area contributed by atoms with Crippen molar-refractivity contribution in [2.45, 2.75) is 38.8 Å². The fourth-order valence-corrected chi connectivity index (χ4v) is 5.62. The van der Waals surface area contributed by atoms with Gasteiger partial charge >= 0.3 is 0 Å². The first-order valence-corrected chi connectivity index (χ1v) is 13.5. The van der Waals surface area contributed by atoms with Crippen LogP contribution in [0.5, 0.6) is 0 Å². The second-order valence-corrected chi connectivity index (χ2v) is 10.5. The lowest BCUT2D eigenvalue weighted by Gasteiger charge is -2.08. The van der Waals surface area contributed by atoms with Gasteiger partial charge in [0.15, 0.2) is 0 Å². The number of halogens is 4. The molecule has 0 unspecified atom stereocenters. The summed E-state index contributed by atoms with van der Waals surface area (Å²) in [4.78, 5) is 0. The molecule has 0 N–H and O–H groups in total. The summed E-state index contributed by atoms with van der Waals surface area (Å²) >= 11 is 14.6. The van der Waals surface area contributed by atoms with Gasteiger partial charge in [-0.05, 0) is 62.1 Å². The van der Waals surface area contributed by atoms with Crippen LogP contribution in [0.2, 0.25) is 0 Å². The van der Waals surface area contributed by atoms with Gasteiger partial charge in [-0.3, -0.25) is 0 Å². The van der Waals surface area contributed by atoms with E-state index in [0.717, 1.165) is 32.7 Å². The Morgan fingerprint density at radius 2 is 1.04 bits per heavy atom. The van der Waals surface area contributed by atoms with E-state index in [-0.39, 0.29) is 0 Å². The molecule has 0 aliphatic rings. The second-order valence-electron chi connectivity index (χ2n) is 7.12. The molecule has 0 amide bonds. The highest BCUT2D eigenvalue weighted by Crippen LogP contribution is 2.39. The number of rotatable bonds is 8. The number of alkyl halides is 2. The number of unbranched alkanes of at least 4 members (excludes halogenated alkanes) is 2. The summed E-state index contributed by atoms with van der Waals surface area (Å²) in [7, 11) is 0. The van der Waals surface area contributed by atoms with E-state index in [1.165, 1.54) is 58.5 Å². The number of aryl methyl sites for hydroxylation is 2. The standard InChI is InChI=1S/C22H22Br4N2/c23-9-1-3-11-27-19-7-5-15(25)13-17(19)22-21(27)18-14-16(26)6-8-20(18)28(22)12-4-2-10-24/h5-8,13-14H,1-4,9-12H2. The average molecular weight is 634 g/mol. The van der Waals surface area contributed by atoms with Crippen molar-refractivity contribution < 1.29 is 0 Å². The maximum Gasteiger partial charge on any atom is 0.0754 e. The van der Waals surface area contributed by atoms with Crippen molar-refractivity contribution >= 4 is 96.6 Å². The molecule has 0 atom stereocenters. The minimum absolute atomic E-state index is 1.04. The molecule has 28 heavy (non-hydrogen) atoms. The number of hydrogen-bond acceptors (Lipinski definition) is 0. The molecule has 0 aliphatic heterocycles. The third-order valence-corrected chi connectivity index (χ3v) is 7.41. The minimum atomic E-state index is 1.04. The number of benzene rings is 2. The third-order valence-electron chi connectivity index (χ3n) is 5.30. The zero-order valence-electron chi connectivity index (χ0n) is 15.5. The van der Waals surface area contributed by atoms with E-state index in [0.29, 0.717) is 0 Å². The summed E-state index contributed by atoms with van der Waals surface area (Å²) in [6, 6.07) is 13.4. The van der Waals surface area contributed by atoms with Crippen molar-refractivity contribution in [2.75, 3.05) is 10.7 Å². The molecule has 0 aliphatic carbocycles. The SMILES string of the molecule is BrCCCCn1c2ccc(Br)cc2c2c1c1cc(Br)ccc1n2CCCCBr. The van der Waals surface area contributed by atoms with Gasteiger partial charge in [0.25, 0.3) is 0 Å². The molecule has 0 radical (unpaired) electrons. The molecule has 2 nitrogen and oxygen atoms in total. The summed E-state index contributed by atoms with van der Waals surface area (Å²) in [5.74, 6) is 0. The highest BCUT2D eigenvalue weighted by molar-refractivity contribution is 9.11. The predicted molar refractivity (Wildman–Crippen MR) is 136 cm³/mol. The van der Waals surface area contributed by atoms with Crippen molar-refractivity contribution in [1.82, 2.24) is 9.13 Å². The summed E-state index contributed by atoms with van der Waals surface area (Å²) in [6.07, 6.45) is 4.71. The Morgan fingerprint density at radius 3 is 1.43 bits per heavy atom. The van der Waals surface area contributed by atoms with E-state index in [4.69, 9.17) is 0 Å². The topological polar surface area (TPSA) is 9.86 Å². The molecule has 2 aromatic heterocycles. The molecule has 4 rings (SSSR count). The van der Waals surface area contributed by atoms with Crippen molar-refractivity contribution in [1.29, 1.82) is 0 Å². The first kappa shape index (κ1) is 21.0. The van der Waals surface area contributed by atoms with Gasteiger partial charge in [-0.25, -0.2) is 0 Å². The quantitative estimate of drug-likeness (QED) is 0.136. The van der Waals surface area contributed by atoms with Crippen molar-refractivity contribution in [3.63, 3.8) is 0 Å². The van der Waals surface area contributed by atoms with Crippen molar-refractivity contribution in [3.8, 4) is 0 Å². The lowest BCUT2D eigenvalue weighted by Crippen LogP contribution is -1.98. The maximum atomic E-state index is 3.70. The molecular weight excluding hydrogens is 612 g/mol. The van der Waals surface area contributed by atoms with Gasteiger partial charge in [-0.2, -0.15) is 0 Å². The fourth-order valence-electron chi connectivity index (χ4n) is 4.10. The van der Waals surface area contributed by atoms with Crippen LogP contribution in [0.25, 0.3) is 32.8 Å². The molecular formula is C22H22Br4N2. The molecule has 0 bridgehead atoms. The first-order chi connectivity index (χ1) is 13.7. The molecule has 0 saturated heterocycles. The van der Waals surface area contributed by atoms with Crippen molar-refractivity contribution in [2.24, 2.45) is 0 Å². The molecule has 2 heterocycles. The second kappa shape index (κ2) is 9.23. The van der Waals surface area contributed by atoms with E-state index >= 15 is 0 Å². The Hall–Kier alpha value is -0.300. The van der Waals surface area contributed by atoms with Gasteiger partial charge in [0.05, 0.1) is 22.1 Å². The van der Waals surface area contributed by atoms with Crippen LogP contribution in [-0.4, -0.2) is 19.8 Å². The van der Waals surface area contributed by atoms with E-state index < -0.39 is 0 Å². The zero-order chi connectivity index (χ0) is 19.7. The largest absolute Gasteiger partial charge is 0.339 e. The predicted octanol–water partition coefficient (Wildman–Crippen LogP) is 8.62. The highest BCUT2D eigenvalue weighted by atomic mass is 79.9. The molecule has 0 fully saturated rings. The molecule has 0 saturated carbocycles. The Bertz CT molecular complexity index is 1040. The summed E-state index contributed by atoms with van der Waals surface area (Å²) < 4.78 is 7.35. The average Bonchev–Trinajstić information content (AvgIpc) is 3.15. The monoisotopic (exact) mass is 630 g/mol. The third kappa shape index (κ3) is 3.86. The summed E-state index contributed by atoms with van der Waals surface area (Å²) in [5.41, 5.74) is 5.41. The van der Waals surface area contributed by atoms with Crippen LogP contribution in [-0.2, 0) is 13.1 Å². The van der Waals surface area contributed by atoms with E-state index in [1.54, 1.807) is 0 Å². The van der Waals surface area contributed by atoms with E-state index in [2.05, 4.69) is 109 Å². The Kier molecular flexibility index (Phi) is 6.91. The van der Waals surface area contributed by atoms with Crippen LogP contribution in [0.1, 0.15) is 25.7 Å². The van der Waals surface area contributed by atoms with Gasteiger partial charge in [0.1, 0.15) is 0 Å². The van der Waals surface area contributed by atoms with Crippen molar-refractivity contribution in [3.05, 3.63) is 45.3 Å². The van der Waals surface area contributed by atoms with Gasteiger partial charge in [-0.1, -0.05) is 63.7 Å². The number of fused-ring (bicyclic) bond motifs is 5. The van der Waals surface area contributed by atoms with Crippen LogP contribution >= 0.6 is 63.7 Å². The molecule has 2 aromatic carbocycles. The lowest BCUT2D eigenvalue weighted by atomic mass is 10.2.